The van der Waals surface area contributed by atoms with Crippen LogP contribution < -0.4 is 0 Å². The van der Waals surface area contributed by atoms with Gasteiger partial charge in [0.15, 0.2) is 0 Å². The monoisotopic (exact) mass is 376 g/mol. The summed E-state index contributed by atoms with van der Waals surface area (Å²) >= 11 is 0. The fourth-order valence-corrected chi connectivity index (χ4v) is 3.14. The first-order valence-electron chi connectivity index (χ1n) is 10.3. The van der Waals surface area contributed by atoms with E-state index in [0.29, 0.717) is 18.3 Å². The number of esters is 1. The summed E-state index contributed by atoms with van der Waals surface area (Å²) in [7, 11) is 0. The number of ether oxygens (including phenoxy) is 1. The maximum Gasteiger partial charge on any atom is 0.313 e. The molecule has 1 aromatic carbocycles. The van der Waals surface area contributed by atoms with Crippen LogP contribution in [0.15, 0.2) is 12.1 Å². The number of phenols is 1. The molecule has 0 heterocycles. The summed E-state index contributed by atoms with van der Waals surface area (Å²) in [5.41, 5.74) is 2.25. The first-order valence-corrected chi connectivity index (χ1v) is 10.3. The molecular formula is C24H40O3. The van der Waals surface area contributed by atoms with Crippen LogP contribution in [0.4, 0.5) is 0 Å². The van der Waals surface area contributed by atoms with Crippen LogP contribution in [0.3, 0.4) is 0 Å². The summed E-state index contributed by atoms with van der Waals surface area (Å²) in [5.74, 6) is 0.485. The highest BCUT2D eigenvalue weighted by Gasteiger charge is 2.29. The van der Waals surface area contributed by atoms with Crippen molar-refractivity contribution in [3.63, 3.8) is 0 Å². The van der Waals surface area contributed by atoms with Crippen molar-refractivity contribution in [3.05, 3.63) is 28.8 Å². The van der Waals surface area contributed by atoms with E-state index < -0.39 is 0 Å². The Kier molecular flexibility index (Phi) is 7.95. The van der Waals surface area contributed by atoms with E-state index in [-0.39, 0.29) is 22.7 Å². The van der Waals surface area contributed by atoms with Gasteiger partial charge < -0.3 is 9.84 Å². The van der Waals surface area contributed by atoms with E-state index in [1.807, 2.05) is 19.1 Å². The lowest BCUT2D eigenvalue weighted by atomic mass is 9.77. The van der Waals surface area contributed by atoms with Gasteiger partial charge in [0, 0.05) is 0 Å². The van der Waals surface area contributed by atoms with Gasteiger partial charge in [0.05, 0.1) is 12.5 Å². The van der Waals surface area contributed by atoms with Crippen molar-refractivity contribution in [3.8, 4) is 5.75 Å². The van der Waals surface area contributed by atoms with Crippen LogP contribution in [0.25, 0.3) is 0 Å². The standard InChI is InChI=1S/C24H40O3/c1-16(2)12-10-11-13-27-22(26)17(3)18-14-19(23(4,5)6)21(25)20(15-18)24(7,8)9/h14-17,25H,10-13H2,1-9H3. The highest BCUT2D eigenvalue weighted by Crippen LogP contribution is 2.41. The smallest absolute Gasteiger partial charge is 0.313 e. The van der Waals surface area contributed by atoms with Crippen molar-refractivity contribution >= 4 is 5.97 Å². The second kappa shape index (κ2) is 9.12. The van der Waals surface area contributed by atoms with Gasteiger partial charge in [-0.05, 0) is 53.2 Å². The zero-order valence-corrected chi connectivity index (χ0v) is 18.9. The minimum atomic E-state index is -0.349. The van der Waals surface area contributed by atoms with Gasteiger partial charge in [0.2, 0.25) is 0 Å². The molecule has 0 aliphatic heterocycles. The zero-order chi connectivity index (χ0) is 21.0. The Hall–Kier alpha value is -1.51. The molecule has 27 heavy (non-hydrogen) atoms. The first-order chi connectivity index (χ1) is 12.2. The molecule has 0 bridgehead atoms. The Morgan fingerprint density at radius 2 is 1.44 bits per heavy atom. The summed E-state index contributed by atoms with van der Waals surface area (Å²) in [4.78, 5) is 12.6. The SMILES string of the molecule is CC(C)CCCCOC(=O)C(C)c1cc(C(C)(C)C)c(O)c(C(C)(C)C)c1. The maximum absolute atomic E-state index is 12.6. The van der Waals surface area contributed by atoms with Crippen molar-refractivity contribution < 1.29 is 14.6 Å². The second-order valence-corrected chi connectivity index (χ2v) is 10.2. The van der Waals surface area contributed by atoms with Crippen molar-refractivity contribution in [2.24, 2.45) is 5.92 Å². The summed E-state index contributed by atoms with van der Waals surface area (Å²) in [5, 5.41) is 10.8. The Bertz CT molecular complexity index is 595. The average molecular weight is 377 g/mol. The van der Waals surface area contributed by atoms with Crippen LogP contribution in [0.5, 0.6) is 5.75 Å². The molecular weight excluding hydrogens is 336 g/mol. The van der Waals surface area contributed by atoms with E-state index in [2.05, 4.69) is 55.4 Å². The highest BCUT2D eigenvalue weighted by molar-refractivity contribution is 5.78. The number of rotatable bonds is 7. The predicted molar refractivity (Wildman–Crippen MR) is 114 cm³/mol. The summed E-state index contributed by atoms with van der Waals surface area (Å²) in [6.07, 6.45) is 3.16. The number of phenolic OH excluding ortho intramolecular Hbond substituents is 1. The fraction of sp³-hybridized carbons (Fsp3) is 0.708. The van der Waals surface area contributed by atoms with E-state index in [1.165, 1.54) is 0 Å². The van der Waals surface area contributed by atoms with Crippen molar-refractivity contribution in [2.75, 3.05) is 6.61 Å². The lowest BCUT2D eigenvalue weighted by molar-refractivity contribution is -0.145. The van der Waals surface area contributed by atoms with Crippen LogP contribution in [-0.4, -0.2) is 17.7 Å². The molecule has 0 amide bonds. The molecule has 0 spiro atoms. The zero-order valence-electron chi connectivity index (χ0n) is 18.9. The minimum Gasteiger partial charge on any atom is -0.507 e. The molecule has 3 nitrogen and oxygen atoms in total. The Labute approximate surface area is 166 Å². The summed E-state index contributed by atoms with van der Waals surface area (Å²) < 4.78 is 5.52. The third-order valence-corrected chi connectivity index (χ3v) is 5.02. The third-order valence-electron chi connectivity index (χ3n) is 5.02. The van der Waals surface area contributed by atoms with E-state index in [1.54, 1.807) is 0 Å². The largest absolute Gasteiger partial charge is 0.507 e. The molecule has 1 aromatic rings. The van der Waals surface area contributed by atoms with E-state index in [0.717, 1.165) is 36.0 Å². The number of unbranched alkanes of at least 4 members (excludes halogenated alkanes) is 1. The molecule has 0 aliphatic carbocycles. The Morgan fingerprint density at radius 1 is 0.963 bits per heavy atom. The molecule has 0 saturated heterocycles. The van der Waals surface area contributed by atoms with Gasteiger partial charge >= 0.3 is 5.97 Å². The average Bonchev–Trinajstić information content (AvgIpc) is 2.51. The highest BCUT2D eigenvalue weighted by atomic mass is 16.5. The number of aromatic hydroxyl groups is 1. The van der Waals surface area contributed by atoms with Crippen molar-refractivity contribution in [1.29, 1.82) is 0 Å². The molecule has 1 atom stereocenters. The first kappa shape index (κ1) is 23.5. The van der Waals surface area contributed by atoms with E-state index in [9.17, 15) is 9.90 Å². The topological polar surface area (TPSA) is 46.5 Å². The maximum atomic E-state index is 12.6. The number of carbonyl (C=O) groups is 1. The molecule has 0 fully saturated rings. The quantitative estimate of drug-likeness (QED) is 0.439. The summed E-state index contributed by atoms with van der Waals surface area (Å²) in [6, 6.07) is 3.94. The molecule has 1 unspecified atom stereocenters. The van der Waals surface area contributed by atoms with E-state index >= 15 is 0 Å². The van der Waals surface area contributed by atoms with Crippen molar-refractivity contribution in [2.45, 2.75) is 98.3 Å². The molecule has 1 rings (SSSR count). The number of hydrogen-bond acceptors (Lipinski definition) is 3. The van der Waals surface area contributed by atoms with Crippen molar-refractivity contribution in [1.82, 2.24) is 0 Å². The summed E-state index contributed by atoms with van der Waals surface area (Å²) in [6.45, 7) is 19.3. The van der Waals surface area contributed by atoms with Crippen LogP contribution >= 0.6 is 0 Å². The van der Waals surface area contributed by atoms with Crippen LogP contribution in [0.1, 0.15) is 104 Å². The number of hydrogen-bond donors (Lipinski definition) is 1. The van der Waals surface area contributed by atoms with E-state index in [4.69, 9.17) is 4.74 Å². The minimum absolute atomic E-state index is 0.190. The molecule has 0 saturated carbocycles. The van der Waals surface area contributed by atoms with Crippen LogP contribution in [0, 0.1) is 5.92 Å². The van der Waals surface area contributed by atoms with Crippen LogP contribution in [-0.2, 0) is 20.4 Å². The molecule has 0 radical (unpaired) electrons. The number of carbonyl (C=O) groups excluding carboxylic acids is 1. The molecule has 0 aromatic heterocycles. The van der Waals surface area contributed by atoms with Gasteiger partial charge in [-0.3, -0.25) is 4.79 Å². The Morgan fingerprint density at radius 3 is 1.85 bits per heavy atom. The fourth-order valence-electron chi connectivity index (χ4n) is 3.14. The van der Waals surface area contributed by atoms with Gasteiger partial charge in [-0.25, -0.2) is 0 Å². The molecule has 3 heteroatoms. The second-order valence-electron chi connectivity index (χ2n) is 10.2. The van der Waals surface area contributed by atoms with Gasteiger partial charge in [0.25, 0.3) is 0 Å². The lowest BCUT2D eigenvalue weighted by Crippen LogP contribution is -2.20. The van der Waals surface area contributed by atoms with Gasteiger partial charge in [-0.1, -0.05) is 73.9 Å². The normalized spacial score (nSPS) is 13.7. The predicted octanol–water partition coefficient (Wildman–Crippen LogP) is 6.46. The third kappa shape index (κ3) is 6.86. The Balaban J connectivity index is 3.02. The van der Waals surface area contributed by atoms with Gasteiger partial charge in [-0.15, -0.1) is 0 Å². The molecule has 0 aliphatic rings. The van der Waals surface area contributed by atoms with Gasteiger partial charge in [0.1, 0.15) is 5.75 Å². The molecule has 154 valence electrons. The molecule has 1 N–H and O–H groups in total. The van der Waals surface area contributed by atoms with Crippen LogP contribution in [0.2, 0.25) is 0 Å². The van der Waals surface area contributed by atoms with Gasteiger partial charge in [-0.2, -0.15) is 0 Å². The lowest BCUT2D eigenvalue weighted by Gasteiger charge is -2.29. The number of benzene rings is 1.